The number of hydrogen-bond acceptors (Lipinski definition) is 0. The molecule has 0 saturated heterocycles. The highest BCUT2D eigenvalue weighted by molar-refractivity contribution is 5.26. The Bertz CT molecular complexity index is 251. The maximum Gasteiger partial charge on any atom is 0.126 e. The van der Waals surface area contributed by atoms with E-state index in [2.05, 4.69) is 6.92 Å². The first-order chi connectivity index (χ1) is 5.11. The van der Waals surface area contributed by atoms with Crippen LogP contribution in [0.25, 0.3) is 0 Å². The zero-order valence-corrected chi connectivity index (χ0v) is 6.89. The van der Waals surface area contributed by atoms with Crippen LogP contribution in [0, 0.1) is 19.7 Å². The van der Waals surface area contributed by atoms with Crippen LogP contribution in [0.4, 0.5) is 4.39 Å². The molecular weight excluding hydrogens is 139 g/mol. The lowest BCUT2D eigenvalue weighted by Gasteiger charge is -2.05. The maximum absolute atomic E-state index is 12.9. The van der Waals surface area contributed by atoms with Crippen LogP contribution in [-0.2, 0) is 0 Å². The summed E-state index contributed by atoms with van der Waals surface area (Å²) in [4.78, 5) is 0. The van der Waals surface area contributed by atoms with Crippen LogP contribution in [-0.4, -0.2) is 0 Å². The number of hydrogen-bond donors (Lipinski definition) is 0. The van der Waals surface area contributed by atoms with E-state index in [1.54, 1.807) is 19.1 Å². The normalized spacial score (nSPS) is 10.6. The molecule has 1 rings (SSSR count). The topological polar surface area (TPSA) is 0 Å². The average molecular weight is 151 g/mol. The lowest BCUT2D eigenvalue weighted by Crippen LogP contribution is -1.90. The van der Waals surface area contributed by atoms with Gasteiger partial charge in [-0.3, -0.25) is 0 Å². The Morgan fingerprint density at radius 3 is 2.55 bits per heavy atom. The highest BCUT2D eigenvalue weighted by atomic mass is 19.1. The van der Waals surface area contributed by atoms with Gasteiger partial charge in [0.05, 0.1) is 0 Å². The van der Waals surface area contributed by atoms with Crippen molar-refractivity contribution in [1.29, 1.82) is 0 Å². The van der Waals surface area contributed by atoms with Crippen molar-refractivity contribution in [3.8, 4) is 0 Å². The van der Waals surface area contributed by atoms with Crippen molar-refractivity contribution < 1.29 is 4.39 Å². The Labute approximate surface area is 67.1 Å². The predicted molar refractivity (Wildman–Crippen MR) is 44.9 cm³/mol. The largest absolute Gasteiger partial charge is 0.207 e. The minimum Gasteiger partial charge on any atom is -0.207 e. The fourth-order valence-corrected chi connectivity index (χ4v) is 0.916. The molecule has 0 heterocycles. The Kier molecular flexibility index (Phi) is 2.28. The lowest BCUT2D eigenvalue weighted by atomic mass is 10.0. The molecule has 0 saturated carbocycles. The third-order valence-corrected chi connectivity index (χ3v) is 1.76. The van der Waals surface area contributed by atoms with Gasteiger partial charge in [0, 0.05) is 0 Å². The number of halogens is 1. The fraction of sp³-hybridized carbons (Fsp3) is 0.300. The number of aryl methyl sites for hydroxylation is 1. The van der Waals surface area contributed by atoms with Gasteiger partial charge in [-0.1, -0.05) is 19.1 Å². The van der Waals surface area contributed by atoms with E-state index >= 15 is 0 Å². The molecule has 0 aliphatic carbocycles. The van der Waals surface area contributed by atoms with E-state index in [1.165, 1.54) is 0 Å². The summed E-state index contributed by atoms with van der Waals surface area (Å²) in [5.74, 6) is 0.0168. The molecule has 11 heavy (non-hydrogen) atoms. The molecule has 59 valence electrons. The molecule has 0 spiro atoms. The van der Waals surface area contributed by atoms with Gasteiger partial charge in [0.2, 0.25) is 0 Å². The van der Waals surface area contributed by atoms with Crippen LogP contribution >= 0.6 is 0 Å². The van der Waals surface area contributed by atoms with Gasteiger partial charge in [-0.2, -0.15) is 0 Å². The van der Waals surface area contributed by atoms with Crippen LogP contribution < -0.4 is 0 Å². The van der Waals surface area contributed by atoms with Crippen molar-refractivity contribution in [2.24, 2.45) is 0 Å². The van der Waals surface area contributed by atoms with Gasteiger partial charge >= 0.3 is 0 Å². The second-order valence-electron chi connectivity index (χ2n) is 2.91. The average Bonchev–Trinajstić information content (AvgIpc) is 1.94. The summed E-state index contributed by atoms with van der Waals surface area (Å²) in [6.07, 6.45) is 0. The molecule has 0 aliphatic rings. The minimum absolute atomic E-state index is 0.141. The smallest absolute Gasteiger partial charge is 0.126 e. The van der Waals surface area contributed by atoms with Crippen molar-refractivity contribution in [3.63, 3.8) is 0 Å². The molecule has 1 atom stereocenters. The van der Waals surface area contributed by atoms with Crippen molar-refractivity contribution in [2.45, 2.75) is 19.8 Å². The van der Waals surface area contributed by atoms with Crippen LogP contribution in [0.3, 0.4) is 0 Å². The lowest BCUT2D eigenvalue weighted by molar-refractivity contribution is 0.615. The van der Waals surface area contributed by atoms with Gasteiger partial charge < -0.3 is 0 Å². The first-order valence-corrected chi connectivity index (χ1v) is 3.70. The van der Waals surface area contributed by atoms with E-state index in [0.717, 1.165) is 5.56 Å². The minimum atomic E-state index is -0.141. The highest BCUT2D eigenvalue weighted by Gasteiger charge is 2.01. The van der Waals surface area contributed by atoms with Gasteiger partial charge in [-0.05, 0) is 37.0 Å². The first kappa shape index (κ1) is 8.25. The maximum atomic E-state index is 12.9. The van der Waals surface area contributed by atoms with Crippen LogP contribution in [0.5, 0.6) is 0 Å². The zero-order valence-electron chi connectivity index (χ0n) is 6.89. The van der Waals surface area contributed by atoms with Gasteiger partial charge in [0.25, 0.3) is 0 Å². The summed E-state index contributed by atoms with van der Waals surface area (Å²) < 4.78 is 12.9. The summed E-state index contributed by atoms with van der Waals surface area (Å²) in [6.45, 7) is 7.52. The van der Waals surface area contributed by atoms with Crippen molar-refractivity contribution in [1.82, 2.24) is 0 Å². The van der Waals surface area contributed by atoms with E-state index in [9.17, 15) is 4.39 Å². The third-order valence-electron chi connectivity index (χ3n) is 1.76. The van der Waals surface area contributed by atoms with E-state index < -0.39 is 0 Å². The van der Waals surface area contributed by atoms with Crippen molar-refractivity contribution >= 4 is 0 Å². The predicted octanol–water partition coefficient (Wildman–Crippen LogP) is 3.07. The Morgan fingerprint density at radius 1 is 1.45 bits per heavy atom. The summed E-state index contributed by atoms with van der Waals surface area (Å²) >= 11 is 0. The Morgan fingerprint density at radius 2 is 2.09 bits per heavy atom. The van der Waals surface area contributed by atoms with E-state index in [4.69, 9.17) is 0 Å². The van der Waals surface area contributed by atoms with Gasteiger partial charge in [0.1, 0.15) is 5.82 Å². The fourth-order valence-electron chi connectivity index (χ4n) is 0.916. The molecule has 0 nitrogen and oxygen atoms in total. The Balaban J connectivity index is 3.05. The molecule has 1 unspecified atom stereocenters. The molecule has 0 aliphatic heterocycles. The molecule has 1 heteroatoms. The second kappa shape index (κ2) is 3.04. The molecular formula is C10H12F. The SMILES string of the molecule is [CH2]C(C)c1ccc(C)c(F)c1. The number of rotatable bonds is 1. The van der Waals surface area contributed by atoms with Gasteiger partial charge in [-0.15, -0.1) is 0 Å². The second-order valence-corrected chi connectivity index (χ2v) is 2.91. The van der Waals surface area contributed by atoms with Crippen LogP contribution in [0.15, 0.2) is 18.2 Å². The molecule has 0 bridgehead atoms. The molecule has 0 N–H and O–H groups in total. The number of benzene rings is 1. The van der Waals surface area contributed by atoms with Crippen LogP contribution in [0.2, 0.25) is 0 Å². The standard InChI is InChI=1S/C10H12F/c1-7(2)9-5-4-8(3)10(11)6-9/h4-7H,1H2,2-3H3. The summed E-state index contributed by atoms with van der Waals surface area (Å²) in [5.41, 5.74) is 1.64. The van der Waals surface area contributed by atoms with E-state index in [-0.39, 0.29) is 11.7 Å². The first-order valence-electron chi connectivity index (χ1n) is 3.70. The molecule has 1 radical (unpaired) electrons. The van der Waals surface area contributed by atoms with Gasteiger partial charge in [-0.25, -0.2) is 4.39 Å². The quantitative estimate of drug-likeness (QED) is 0.578. The molecule has 0 amide bonds. The van der Waals surface area contributed by atoms with Crippen molar-refractivity contribution in [3.05, 3.63) is 42.1 Å². The molecule has 1 aromatic carbocycles. The highest BCUT2D eigenvalue weighted by Crippen LogP contribution is 2.16. The van der Waals surface area contributed by atoms with Crippen LogP contribution in [0.1, 0.15) is 24.0 Å². The summed E-state index contributed by atoms with van der Waals surface area (Å²) in [5, 5.41) is 0. The Hall–Kier alpha value is -0.850. The van der Waals surface area contributed by atoms with E-state index in [0.29, 0.717) is 5.56 Å². The summed E-state index contributed by atoms with van der Waals surface area (Å²) in [7, 11) is 0. The zero-order chi connectivity index (χ0) is 8.43. The molecule has 0 fully saturated rings. The molecule has 1 aromatic rings. The van der Waals surface area contributed by atoms with Crippen molar-refractivity contribution in [2.75, 3.05) is 0 Å². The van der Waals surface area contributed by atoms with E-state index in [1.807, 2.05) is 13.0 Å². The van der Waals surface area contributed by atoms with Gasteiger partial charge in [0.15, 0.2) is 0 Å². The monoisotopic (exact) mass is 151 g/mol. The third kappa shape index (κ3) is 1.79. The summed E-state index contributed by atoms with van der Waals surface area (Å²) in [6, 6.07) is 5.25. The molecule has 0 aromatic heterocycles.